The first-order chi connectivity index (χ1) is 6.47. The highest BCUT2D eigenvalue weighted by molar-refractivity contribution is 4.77. The van der Waals surface area contributed by atoms with Crippen molar-refractivity contribution in [3.8, 4) is 0 Å². The molecular weight excluding hydrogens is 158 g/mol. The van der Waals surface area contributed by atoms with Crippen LogP contribution in [0.1, 0.15) is 51.4 Å². The molecule has 0 amide bonds. The molecule has 1 heteroatoms. The molecule has 1 atom stereocenters. The third kappa shape index (κ3) is 2.70. The van der Waals surface area contributed by atoms with E-state index < -0.39 is 0 Å². The quantitative estimate of drug-likeness (QED) is 0.613. The Bertz CT molecular complexity index is 130. The van der Waals surface area contributed by atoms with Crippen molar-refractivity contribution in [3.05, 3.63) is 0 Å². The fourth-order valence-corrected chi connectivity index (χ4v) is 3.06. The van der Waals surface area contributed by atoms with Gasteiger partial charge in [-0.2, -0.15) is 0 Å². The molecule has 0 radical (unpaired) electrons. The molecule has 2 aliphatic rings. The number of rotatable bonds is 1. The molecule has 2 fully saturated rings. The van der Waals surface area contributed by atoms with E-state index in [9.17, 15) is 0 Å². The SMILES string of the molecule is C1CCCC(C2CCCNC2)CC1. The molecule has 1 N–H and O–H groups in total. The second-order valence-corrected chi connectivity index (χ2v) is 4.86. The van der Waals surface area contributed by atoms with Crippen LogP contribution >= 0.6 is 0 Å². The molecule has 0 spiro atoms. The molecule has 0 aromatic carbocycles. The minimum Gasteiger partial charge on any atom is -0.316 e. The van der Waals surface area contributed by atoms with Crippen LogP contribution in [0.3, 0.4) is 0 Å². The lowest BCUT2D eigenvalue weighted by molar-refractivity contribution is 0.241. The smallest absolute Gasteiger partial charge is 0.00179 e. The van der Waals surface area contributed by atoms with Gasteiger partial charge in [-0.25, -0.2) is 0 Å². The molecule has 1 aliphatic carbocycles. The summed E-state index contributed by atoms with van der Waals surface area (Å²) >= 11 is 0. The lowest BCUT2D eigenvalue weighted by Crippen LogP contribution is -2.34. The summed E-state index contributed by atoms with van der Waals surface area (Å²) in [6.45, 7) is 2.58. The second kappa shape index (κ2) is 4.99. The van der Waals surface area contributed by atoms with Crippen molar-refractivity contribution in [2.75, 3.05) is 13.1 Å². The Morgan fingerprint density at radius 3 is 2.00 bits per heavy atom. The number of nitrogens with one attached hydrogen (secondary N) is 1. The van der Waals surface area contributed by atoms with Gasteiger partial charge in [-0.3, -0.25) is 0 Å². The van der Waals surface area contributed by atoms with Crippen LogP contribution in [0.15, 0.2) is 0 Å². The average molecular weight is 181 g/mol. The van der Waals surface area contributed by atoms with Gasteiger partial charge in [0.1, 0.15) is 0 Å². The minimum absolute atomic E-state index is 1.02. The predicted molar refractivity (Wildman–Crippen MR) is 56.8 cm³/mol. The molecule has 1 nitrogen and oxygen atoms in total. The zero-order valence-corrected chi connectivity index (χ0v) is 8.73. The zero-order valence-electron chi connectivity index (χ0n) is 8.73. The van der Waals surface area contributed by atoms with Crippen molar-refractivity contribution in [2.45, 2.75) is 51.4 Å². The average Bonchev–Trinajstić information content (AvgIpc) is 2.47. The van der Waals surface area contributed by atoms with Gasteiger partial charge in [0.05, 0.1) is 0 Å². The van der Waals surface area contributed by atoms with Crippen molar-refractivity contribution in [1.29, 1.82) is 0 Å². The summed E-state index contributed by atoms with van der Waals surface area (Å²) in [6.07, 6.45) is 12.0. The highest BCUT2D eigenvalue weighted by Crippen LogP contribution is 2.32. The van der Waals surface area contributed by atoms with Gasteiger partial charge in [0.25, 0.3) is 0 Å². The molecule has 1 heterocycles. The van der Waals surface area contributed by atoms with E-state index in [2.05, 4.69) is 5.32 Å². The van der Waals surface area contributed by atoms with E-state index in [0.717, 1.165) is 11.8 Å². The van der Waals surface area contributed by atoms with Crippen molar-refractivity contribution in [2.24, 2.45) is 11.8 Å². The van der Waals surface area contributed by atoms with Gasteiger partial charge in [0.2, 0.25) is 0 Å². The van der Waals surface area contributed by atoms with Gasteiger partial charge in [-0.05, 0) is 37.8 Å². The summed E-state index contributed by atoms with van der Waals surface area (Å²) in [7, 11) is 0. The molecule has 0 aromatic heterocycles. The summed E-state index contributed by atoms with van der Waals surface area (Å²) in [5.41, 5.74) is 0. The Morgan fingerprint density at radius 1 is 0.692 bits per heavy atom. The van der Waals surface area contributed by atoms with E-state index in [1.54, 1.807) is 0 Å². The number of piperidine rings is 1. The van der Waals surface area contributed by atoms with Gasteiger partial charge in [-0.1, -0.05) is 38.5 Å². The van der Waals surface area contributed by atoms with Crippen LogP contribution in [0, 0.1) is 11.8 Å². The first kappa shape index (κ1) is 9.51. The summed E-state index contributed by atoms with van der Waals surface area (Å²) in [6, 6.07) is 0. The van der Waals surface area contributed by atoms with E-state index in [-0.39, 0.29) is 0 Å². The van der Waals surface area contributed by atoms with Crippen molar-refractivity contribution >= 4 is 0 Å². The van der Waals surface area contributed by atoms with Gasteiger partial charge in [-0.15, -0.1) is 0 Å². The zero-order chi connectivity index (χ0) is 8.93. The van der Waals surface area contributed by atoms with Crippen molar-refractivity contribution in [1.82, 2.24) is 5.32 Å². The Kier molecular flexibility index (Phi) is 3.65. The van der Waals surface area contributed by atoms with E-state index in [4.69, 9.17) is 0 Å². The number of hydrogen-bond acceptors (Lipinski definition) is 1. The van der Waals surface area contributed by atoms with Crippen LogP contribution in [0.5, 0.6) is 0 Å². The third-order valence-electron chi connectivity index (χ3n) is 3.90. The van der Waals surface area contributed by atoms with Gasteiger partial charge in [0.15, 0.2) is 0 Å². The molecule has 1 saturated carbocycles. The second-order valence-electron chi connectivity index (χ2n) is 4.86. The Labute approximate surface area is 82.3 Å². The van der Waals surface area contributed by atoms with Crippen LogP contribution < -0.4 is 5.32 Å². The molecule has 1 aliphatic heterocycles. The van der Waals surface area contributed by atoms with Crippen molar-refractivity contribution < 1.29 is 0 Å². The van der Waals surface area contributed by atoms with E-state index >= 15 is 0 Å². The molecular formula is C12H23N. The van der Waals surface area contributed by atoms with Crippen LogP contribution in [-0.4, -0.2) is 13.1 Å². The molecule has 1 unspecified atom stereocenters. The van der Waals surface area contributed by atoms with Crippen LogP contribution in [0.2, 0.25) is 0 Å². The Hall–Kier alpha value is -0.0400. The lowest BCUT2D eigenvalue weighted by atomic mass is 9.82. The fraction of sp³-hybridized carbons (Fsp3) is 1.00. The molecule has 76 valence electrons. The first-order valence-electron chi connectivity index (χ1n) is 6.17. The highest BCUT2D eigenvalue weighted by atomic mass is 14.9. The van der Waals surface area contributed by atoms with E-state index in [1.165, 1.54) is 64.5 Å². The topological polar surface area (TPSA) is 12.0 Å². The maximum Gasteiger partial charge on any atom is -0.00179 e. The normalized spacial score (nSPS) is 32.8. The molecule has 0 aromatic rings. The largest absolute Gasteiger partial charge is 0.316 e. The molecule has 2 rings (SSSR count). The number of hydrogen-bond donors (Lipinski definition) is 1. The maximum absolute atomic E-state index is 3.55. The standard InChI is InChI=1S/C12H23N/c1-2-4-7-11(6-3-1)12-8-5-9-13-10-12/h11-13H,1-10H2. The van der Waals surface area contributed by atoms with Gasteiger partial charge < -0.3 is 5.32 Å². The predicted octanol–water partition coefficient (Wildman–Crippen LogP) is 2.96. The van der Waals surface area contributed by atoms with E-state index in [1.807, 2.05) is 0 Å². The first-order valence-corrected chi connectivity index (χ1v) is 6.17. The summed E-state index contributed by atoms with van der Waals surface area (Å²) < 4.78 is 0. The van der Waals surface area contributed by atoms with E-state index in [0.29, 0.717) is 0 Å². The summed E-state index contributed by atoms with van der Waals surface area (Å²) in [5, 5.41) is 3.55. The lowest BCUT2D eigenvalue weighted by Gasteiger charge is -2.30. The molecule has 13 heavy (non-hydrogen) atoms. The fourth-order valence-electron chi connectivity index (χ4n) is 3.06. The summed E-state index contributed by atoms with van der Waals surface area (Å²) in [5.74, 6) is 2.09. The summed E-state index contributed by atoms with van der Waals surface area (Å²) in [4.78, 5) is 0. The molecule has 1 saturated heterocycles. The Balaban J connectivity index is 1.82. The van der Waals surface area contributed by atoms with Gasteiger partial charge >= 0.3 is 0 Å². The highest BCUT2D eigenvalue weighted by Gasteiger charge is 2.23. The Morgan fingerprint density at radius 2 is 1.38 bits per heavy atom. The maximum atomic E-state index is 3.55. The van der Waals surface area contributed by atoms with Gasteiger partial charge in [0, 0.05) is 0 Å². The molecule has 0 bridgehead atoms. The van der Waals surface area contributed by atoms with Crippen molar-refractivity contribution in [3.63, 3.8) is 0 Å². The monoisotopic (exact) mass is 181 g/mol. The van der Waals surface area contributed by atoms with Crippen LogP contribution in [0.25, 0.3) is 0 Å². The van der Waals surface area contributed by atoms with Crippen LogP contribution in [-0.2, 0) is 0 Å². The van der Waals surface area contributed by atoms with Crippen LogP contribution in [0.4, 0.5) is 0 Å². The third-order valence-corrected chi connectivity index (χ3v) is 3.90. The minimum atomic E-state index is 1.02.